The maximum atomic E-state index is 12.8. The molecule has 0 aliphatic rings. The first kappa shape index (κ1) is 22.2. The fourth-order valence-electron chi connectivity index (χ4n) is 0.970. The second kappa shape index (κ2) is 8.40. The van der Waals surface area contributed by atoms with E-state index in [0.717, 1.165) is 0 Å². The van der Waals surface area contributed by atoms with Crippen LogP contribution in [0.1, 0.15) is 0 Å². The van der Waals surface area contributed by atoms with Crippen LogP contribution in [0, 0.1) is 0 Å². The van der Waals surface area contributed by atoms with Crippen molar-refractivity contribution in [1.82, 2.24) is 0 Å². The molecule has 0 aliphatic carbocycles. The summed E-state index contributed by atoms with van der Waals surface area (Å²) >= 11 is 0. The van der Waals surface area contributed by atoms with E-state index in [1.807, 2.05) is 0 Å². The van der Waals surface area contributed by atoms with Crippen molar-refractivity contribution in [3.05, 3.63) is 0 Å². The maximum Gasteiger partial charge on any atom is 1.00 e. The molecule has 0 aromatic heterocycles. The summed E-state index contributed by atoms with van der Waals surface area (Å²) in [5.74, 6) is 0. The van der Waals surface area contributed by atoms with Gasteiger partial charge in [-0.1, -0.05) is 0 Å². The minimum Gasteiger partial charge on any atom is -0.746 e. The Hall–Kier alpha value is -0.0526. The topological polar surface area (TPSA) is 57.2 Å². The second-order valence-electron chi connectivity index (χ2n) is 3.40. The van der Waals surface area contributed by atoms with Crippen molar-refractivity contribution in [1.29, 1.82) is 0 Å². The molecule has 0 aromatic carbocycles. The monoisotopic (exact) mass is 330 g/mol. The first-order chi connectivity index (χ1) is 8.41. The molecule has 0 N–H and O–H groups in total. The molecular formula is C7H7F8LiO3S. The Balaban J connectivity index is 0. The Kier molecular flexibility index (Phi) is 9.34. The third-order valence-corrected chi connectivity index (χ3v) is 2.80. The largest absolute Gasteiger partial charge is 1.00 e. The number of halogens is 8. The average molecular weight is 330 g/mol. The van der Waals surface area contributed by atoms with E-state index in [4.69, 9.17) is 0 Å². The molecule has 0 saturated heterocycles. The van der Waals surface area contributed by atoms with Crippen molar-refractivity contribution in [2.75, 3.05) is 0 Å². The van der Waals surface area contributed by atoms with E-state index in [0.29, 0.717) is 0 Å². The van der Waals surface area contributed by atoms with Crippen molar-refractivity contribution in [3.8, 4) is 0 Å². The Morgan fingerprint density at radius 2 is 0.950 bits per heavy atom. The summed E-state index contributed by atoms with van der Waals surface area (Å²) in [5, 5.41) is 0. The van der Waals surface area contributed by atoms with E-state index in [2.05, 4.69) is 0 Å². The minimum atomic E-state index is -6.01. The zero-order valence-corrected chi connectivity index (χ0v) is 10.5. The van der Waals surface area contributed by atoms with Gasteiger partial charge in [-0.15, -0.1) is 0 Å². The van der Waals surface area contributed by atoms with Gasteiger partial charge >= 0.3 is 18.9 Å². The molecule has 0 radical (unpaired) electrons. The first-order valence-electron chi connectivity index (χ1n) is 4.48. The Morgan fingerprint density at radius 1 is 0.650 bits per heavy atom. The summed E-state index contributed by atoms with van der Waals surface area (Å²) in [6.45, 7) is 0. The van der Waals surface area contributed by atoms with Crippen molar-refractivity contribution >= 4 is 10.1 Å². The zero-order chi connectivity index (χ0) is 15.5. The van der Waals surface area contributed by atoms with Gasteiger partial charge in [-0.05, 0) is 0 Å². The Bertz CT molecular complexity index is 382. The summed E-state index contributed by atoms with van der Waals surface area (Å²) < 4.78 is 129. The van der Waals surface area contributed by atoms with E-state index < -0.39 is 52.9 Å². The standard InChI is InChI=1S/C7H8F8O3S.Li/c8-1(2(9)4(11)6(13)14)3(10)5(12)7(15)19(16,17)18;/h1-7H,(H,16,17,18);/q;+1/p-1. The fourth-order valence-corrected chi connectivity index (χ4v) is 1.44. The molecule has 0 rings (SSSR count). The third kappa shape index (κ3) is 5.75. The van der Waals surface area contributed by atoms with Gasteiger partial charge in [-0.3, -0.25) is 0 Å². The molecule has 0 amide bonds. The van der Waals surface area contributed by atoms with Crippen LogP contribution < -0.4 is 18.9 Å². The first-order valence-corrected chi connectivity index (χ1v) is 5.95. The number of hydrogen-bond donors (Lipinski definition) is 0. The van der Waals surface area contributed by atoms with Crippen LogP contribution in [0.2, 0.25) is 0 Å². The second-order valence-corrected chi connectivity index (χ2v) is 4.84. The molecule has 0 heterocycles. The van der Waals surface area contributed by atoms with Gasteiger partial charge in [0.05, 0.1) is 0 Å². The number of rotatable bonds is 7. The van der Waals surface area contributed by atoms with Crippen LogP contribution in [0.5, 0.6) is 0 Å². The van der Waals surface area contributed by atoms with Gasteiger partial charge < -0.3 is 4.55 Å². The predicted molar refractivity (Wildman–Crippen MR) is 45.1 cm³/mol. The van der Waals surface area contributed by atoms with Gasteiger partial charge in [0.15, 0.2) is 30.9 Å². The molecule has 20 heavy (non-hydrogen) atoms. The van der Waals surface area contributed by atoms with Crippen LogP contribution >= 0.6 is 0 Å². The summed E-state index contributed by atoms with van der Waals surface area (Å²) in [6.07, 6.45) is -23.5. The molecule has 13 heteroatoms. The molecule has 0 aliphatic heterocycles. The average Bonchev–Trinajstić information content (AvgIpc) is 2.31. The predicted octanol–water partition coefficient (Wildman–Crippen LogP) is -1.21. The normalized spacial score (nSPS) is 21.5. The molecule has 0 fully saturated rings. The molecule has 0 saturated carbocycles. The van der Waals surface area contributed by atoms with E-state index in [1.54, 1.807) is 0 Å². The summed E-state index contributed by atoms with van der Waals surface area (Å²) in [6, 6.07) is 0. The van der Waals surface area contributed by atoms with Gasteiger partial charge in [0.1, 0.15) is 10.1 Å². The third-order valence-electron chi connectivity index (χ3n) is 1.98. The molecule has 3 nitrogen and oxygen atoms in total. The van der Waals surface area contributed by atoms with E-state index in [-0.39, 0.29) is 18.9 Å². The van der Waals surface area contributed by atoms with Crippen molar-refractivity contribution in [3.63, 3.8) is 0 Å². The summed E-state index contributed by atoms with van der Waals surface area (Å²) in [5.41, 5.74) is -4.07. The Morgan fingerprint density at radius 3 is 1.25 bits per heavy atom. The Labute approximate surface area is 120 Å². The zero-order valence-electron chi connectivity index (χ0n) is 9.70. The molecule has 0 spiro atoms. The summed E-state index contributed by atoms with van der Waals surface area (Å²) in [7, 11) is -6.01. The smallest absolute Gasteiger partial charge is 0.746 e. The van der Waals surface area contributed by atoms with Gasteiger partial charge in [-0.2, -0.15) is 0 Å². The van der Waals surface area contributed by atoms with E-state index in [1.165, 1.54) is 0 Å². The molecular weight excluding hydrogens is 323 g/mol. The van der Waals surface area contributed by atoms with E-state index >= 15 is 0 Å². The van der Waals surface area contributed by atoms with Gasteiger partial charge in [0.2, 0.25) is 5.50 Å². The van der Waals surface area contributed by atoms with Gasteiger partial charge in [-0.25, -0.2) is 43.5 Å². The SMILES string of the molecule is O=S(=O)([O-])C(F)C(F)C(F)C(F)C(F)C(F)C(F)F.[Li+]. The van der Waals surface area contributed by atoms with Crippen LogP contribution in [0.15, 0.2) is 0 Å². The number of hydrogen-bond acceptors (Lipinski definition) is 3. The van der Waals surface area contributed by atoms with Crippen LogP contribution in [0.3, 0.4) is 0 Å². The van der Waals surface area contributed by atoms with Crippen molar-refractivity contribution in [2.45, 2.75) is 42.8 Å². The fraction of sp³-hybridized carbons (Fsp3) is 1.00. The minimum absolute atomic E-state index is 0. The molecule has 6 unspecified atom stereocenters. The number of alkyl halides is 8. The summed E-state index contributed by atoms with van der Waals surface area (Å²) in [4.78, 5) is 0. The van der Waals surface area contributed by atoms with Crippen LogP contribution in [-0.4, -0.2) is 55.8 Å². The van der Waals surface area contributed by atoms with Crippen molar-refractivity contribution < 1.29 is 67.0 Å². The molecule has 0 bridgehead atoms. The molecule has 116 valence electrons. The quantitative estimate of drug-likeness (QED) is 0.334. The van der Waals surface area contributed by atoms with Gasteiger partial charge in [0, 0.05) is 0 Å². The van der Waals surface area contributed by atoms with Crippen LogP contribution in [-0.2, 0) is 10.1 Å². The van der Waals surface area contributed by atoms with Gasteiger partial charge in [0.25, 0.3) is 6.43 Å². The van der Waals surface area contributed by atoms with Crippen LogP contribution in [0.4, 0.5) is 35.1 Å². The maximum absolute atomic E-state index is 12.8. The molecule has 0 aromatic rings. The van der Waals surface area contributed by atoms with Crippen LogP contribution in [0.25, 0.3) is 0 Å². The molecule has 6 atom stereocenters. The van der Waals surface area contributed by atoms with E-state index in [9.17, 15) is 48.1 Å². The van der Waals surface area contributed by atoms with Crippen molar-refractivity contribution in [2.24, 2.45) is 0 Å².